The number of nitrogens with zero attached hydrogens (tertiary/aromatic N) is 3. The lowest BCUT2D eigenvalue weighted by Gasteiger charge is -2.03. The normalized spacial score (nSPS) is 11.5. The van der Waals surface area contributed by atoms with Gasteiger partial charge in [-0.25, -0.2) is 4.98 Å². The fourth-order valence-corrected chi connectivity index (χ4v) is 2.51. The molecule has 0 saturated carbocycles. The van der Waals surface area contributed by atoms with Gasteiger partial charge in [-0.1, -0.05) is 29.8 Å². The van der Waals surface area contributed by atoms with E-state index in [1.54, 1.807) is 4.68 Å². The number of aromatic nitrogens is 3. The van der Waals surface area contributed by atoms with Gasteiger partial charge in [0.1, 0.15) is 5.52 Å². The molecule has 2 heterocycles. The van der Waals surface area contributed by atoms with Gasteiger partial charge in [0, 0.05) is 17.3 Å². The van der Waals surface area contributed by atoms with E-state index in [0.29, 0.717) is 17.2 Å². The molecule has 18 heavy (non-hydrogen) atoms. The van der Waals surface area contributed by atoms with Crippen molar-refractivity contribution < 1.29 is 5.11 Å². The summed E-state index contributed by atoms with van der Waals surface area (Å²) in [6, 6.07) is 7.75. The monoisotopic (exact) mass is 261 g/mol. The highest BCUT2D eigenvalue weighted by Crippen LogP contribution is 2.31. The van der Waals surface area contributed by atoms with Gasteiger partial charge in [0.2, 0.25) is 0 Å². The Morgan fingerprint density at radius 3 is 2.83 bits per heavy atom. The van der Waals surface area contributed by atoms with Crippen molar-refractivity contribution in [1.82, 2.24) is 14.8 Å². The predicted molar refractivity (Wildman–Crippen MR) is 71.6 cm³/mol. The first-order chi connectivity index (χ1) is 8.76. The molecule has 0 amide bonds. The van der Waals surface area contributed by atoms with Gasteiger partial charge in [0.25, 0.3) is 0 Å². The van der Waals surface area contributed by atoms with Crippen LogP contribution in [0.3, 0.4) is 0 Å². The molecule has 0 saturated heterocycles. The summed E-state index contributed by atoms with van der Waals surface area (Å²) in [5.74, 6) is 0. The minimum absolute atomic E-state index is 0.0608. The molecule has 0 spiro atoms. The van der Waals surface area contributed by atoms with Gasteiger partial charge >= 0.3 is 0 Å². The molecule has 0 atom stereocenters. The highest BCUT2D eigenvalue weighted by Gasteiger charge is 2.16. The van der Waals surface area contributed by atoms with Crippen molar-refractivity contribution in [3.63, 3.8) is 0 Å². The van der Waals surface area contributed by atoms with E-state index in [2.05, 4.69) is 10.1 Å². The Hall–Kier alpha value is -1.65. The Bertz CT molecular complexity index is 736. The number of hydrogen-bond donors (Lipinski definition) is 1. The van der Waals surface area contributed by atoms with Gasteiger partial charge in [-0.05, 0) is 13.0 Å². The molecule has 0 fully saturated rings. The zero-order valence-electron chi connectivity index (χ0n) is 9.89. The molecule has 92 valence electrons. The Kier molecular flexibility index (Phi) is 2.69. The second-order valence-corrected chi connectivity index (χ2v) is 4.42. The lowest BCUT2D eigenvalue weighted by Crippen LogP contribution is -2.02. The number of rotatable bonds is 2. The van der Waals surface area contributed by atoms with Crippen molar-refractivity contribution in [2.75, 3.05) is 0 Å². The van der Waals surface area contributed by atoms with E-state index < -0.39 is 0 Å². The number of fused-ring (bicyclic) bond motifs is 3. The van der Waals surface area contributed by atoms with Crippen LogP contribution in [0.2, 0.25) is 5.15 Å². The highest BCUT2D eigenvalue weighted by molar-refractivity contribution is 6.35. The van der Waals surface area contributed by atoms with Crippen LogP contribution in [0, 0.1) is 0 Å². The first-order valence-electron chi connectivity index (χ1n) is 5.80. The predicted octanol–water partition coefficient (Wildman–Crippen LogP) is 2.75. The van der Waals surface area contributed by atoms with Crippen LogP contribution in [0.15, 0.2) is 24.3 Å². The number of para-hydroxylation sites is 1. The molecule has 3 rings (SSSR count). The number of benzene rings is 1. The van der Waals surface area contributed by atoms with Crippen LogP contribution in [0.4, 0.5) is 0 Å². The summed E-state index contributed by atoms with van der Waals surface area (Å²) in [7, 11) is 0. The molecule has 0 aliphatic carbocycles. The van der Waals surface area contributed by atoms with Crippen molar-refractivity contribution >= 4 is 33.4 Å². The standard InChI is InChI=1S/C13H12ClN3O/c1-2-17-10(7-18)11-8-5-3-4-6-9(8)15-13(14)12(11)16-17/h3-6,18H,2,7H2,1H3. The molecule has 2 aromatic heterocycles. The first-order valence-corrected chi connectivity index (χ1v) is 6.18. The molecule has 0 radical (unpaired) electrons. The van der Waals surface area contributed by atoms with E-state index >= 15 is 0 Å². The maximum atomic E-state index is 9.56. The average molecular weight is 262 g/mol. The molecule has 0 unspecified atom stereocenters. The SMILES string of the molecule is CCn1nc2c(Cl)nc3ccccc3c2c1CO. The number of hydrogen-bond acceptors (Lipinski definition) is 3. The third kappa shape index (κ3) is 1.50. The van der Waals surface area contributed by atoms with Crippen LogP contribution >= 0.6 is 11.6 Å². The fourth-order valence-electron chi connectivity index (χ4n) is 2.29. The van der Waals surface area contributed by atoms with Crippen molar-refractivity contribution in [3.05, 3.63) is 35.1 Å². The molecule has 0 bridgehead atoms. The van der Waals surface area contributed by atoms with Gasteiger partial charge in [-0.2, -0.15) is 5.10 Å². The highest BCUT2D eigenvalue weighted by atomic mass is 35.5. The maximum absolute atomic E-state index is 9.56. The largest absolute Gasteiger partial charge is 0.390 e. The summed E-state index contributed by atoms with van der Waals surface area (Å²) in [6.45, 7) is 2.61. The molecule has 3 aromatic rings. The molecular weight excluding hydrogens is 250 g/mol. The smallest absolute Gasteiger partial charge is 0.157 e. The summed E-state index contributed by atoms with van der Waals surface area (Å²) in [5, 5.41) is 16.2. The van der Waals surface area contributed by atoms with Gasteiger partial charge in [-0.3, -0.25) is 4.68 Å². The molecule has 5 heteroatoms. The molecule has 0 aliphatic rings. The van der Waals surface area contributed by atoms with Crippen molar-refractivity contribution in [2.24, 2.45) is 0 Å². The van der Waals surface area contributed by atoms with Crippen molar-refractivity contribution in [3.8, 4) is 0 Å². The Morgan fingerprint density at radius 2 is 2.11 bits per heavy atom. The molecular formula is C13H12ClN3O. The lowest BCUT2D eigenvalue weighted by atomic mass is 10.1. The van der Waals surface area contributed by atoms with Crippen LogP contribution in [-0.2, 0) is 13.2 Å². The summed E-state index contributed by atoms with van der Waals surface area (Å²) in [6.07, 6.45) is 0. The van der Waals surface area contributed by atoms with E-state index in [4.69, 9.17) is 11.6 Å². The number of pyridine rings is 1. The van der Waals surface area contributed by atoms with Crippen LogP contribution in [0.1, 0.15) is 12.6 Å². The second-order valence-electron chi connectivity index (χ2n) is 4.06. The zero-order chi connectivity index (χ0) is 12.7. The molecule has 1 N–H and O–H groups in total. The van der Waals surface area contributed by atoms with Gasteiger partial charge in [-0.15, -0.1) is 0 Å². The van der Waals surface area contributed by atoms with E-state index in [9.17, 15) is 5.11 Å². The maximum Gasteiger partial charge on any atom is 0.157 e. The van der Waals surface area contributed by atoms with Crippen LogP contribution < -0.4 is 0 Å². The number of halogens is 1. The lowest BCUT2D eigenvalue weighted by molar-refractivity contribution is 0.270. The minimum atomic E-state index is -0.0608. The molecule has 0 aliphatic heterocycles. The number of aryl methyl sites for hydroxylation is 1. The average Bonchev–Trinajstić information content (AvgIpc) is 2.78. The third-order valence-corrected chi connectivity index (χ3v) is 3.36. The molecule has 1 aromatic carbocycles. The van der Waals surface area contributed by atoms with Gasteiger partial charge in [0.15, 0.2) is 5.15 Å². The number of aliphatic hydroxyl groups is 1. The number of aliphatic hydroxyl groups excluding tert-OH is 1. The van der Waals surface area contributed by atoms with Crippen molar-refractivity contribution in [1.29, 1.82) is 0 Å². The first kappa shape index (κ1) is 11.4. The Morgan fingerprint density at radius 1 is 1.33 bits per heavy atom. The summed E-state index contributed by atoms with van der Waals surface area (Å²) >= 11 is 6.17. The van der Waals surface area contributed by atoms with E-state index in [0.717, 1.165) is 22.0 Å². The summed E-state index contributed by atoms with van der Waals surface area (Å²) in [4.78, 5) is 4.33. The van der Waals surface area contributed by atoms with E-state index in [1.807, 2.05) is 31.2 Å². The van der Waals surface area contributed by atoms with Crippen LogP contribution in [0.5, 0.6) is 0 Å². The van der Waals surface area contributed by atoms with Crippen LogP contribution in [0.25, 0.3) is 21.8 Å². The van der Waals surface area contributed by atoms with Gasteiger partial charge < -0.3 is 5.11 Å². The van der Waals surface area contributed by atoms with Crippen LogP contribution in [-0.4, -0.2) is 19.9 Å². The minimum Gasteiger partial charge on any atom is -0.390 e. The fraction of sp³-hybridized carbons (Fsp3) is 0.231. The Labute approximate surface area is 109 Å². The van der Waals surface area contributed by atoms with E-state index in [-0.39, 0.29) is 6.61 Å². The Balaban J connectivity index is 2.56. The van der Waals surface area contributed by atoms with E-state index in [1.165, 1.54) is 0 Å². The summed E-state index contributed by atoms with van der Waals surface area (Å²) in [5.41, 5.74) is 2.26. The summed E-state index contributed by atoms with van der Waals surface area (Å²) < 4.78 is 1.77. The van der Waals surface area contributed by atoms with Crippen molar-refractivity contribution in [2.45, 2.75) is 20.1 Å². The quantitative estimate of drug-likeness (QED) is 0.722. The van der Waals surface area contributed by atoms with Gasteiger partial charge in [0.05, 0.1) is 17.8 Å². The topological polar surface area (TPSA) is 50.9 Å². The zero-order valence-corrected chi connectivity index (χ0v) is 10.6. The third-order valence-electron chi connectivity index (χ3n) is 3.09. The second kappa shape index (κ2) is 4.23. The molecule has 4 nitrogen and oxygen atoms in total.